The number of hydrogen-bond acceptors (Lipinski definition) is 3. The van der Waals surface area contributed by atoms with Gasteiger partial charge in [0, 0.05) is 22.7 Å². The number of nitrogens with two attached hydrogens (primary N) is 1. The second kappa shape index (κ2) is 5.51. The molecule has 0 spiro atoms. The SMILES string of the molecule is NC(=O)C(Nc1ccccc1Br)C1CCOC1. The van der Waals surface area contributed by atoms with Gasteiger partial charge in [0.2, 0.25) is 5.91 Å². The highest BCUT2D eigenvalue weighted by Crippen LogP contribution is 2.25. The summed E-state index contributed by atoms with van der Waals surface area (Å²) >= 11 is 3.44. The lowest BCUT2D eigenvalue weighted by atomic mass is 9.98. The molecule has 0 bridgehead atoms. The Morgan fingerprint density at radius 3 is 2.88 bits per heavy atom. The maximum absolute atomic E-state index is 11.5. The number of primary amides is 1. The maximum Gasteiger partial charge on any atom is 0.240 e. The lowest BCUT2D eigenvalue weighted by Crippen LogP contribution is -2.42. The number of rotatable bonds is 4. The minimum absolute atomic E-state index is 0.152. The van der Waals surface area contributed by atoms with E-state index in [1.54, 1.807) is 0 Å². The number of carbonyl (C=O) groups is 1. The smallest absolute Gasteiger partial charge is 0.240 e. The van der Waals surface area contributed by atoms with Crippen molar-refractivity contribution in [2.45, 2.75) is 12.5 Å². The third kappa shape index (κ3) is 2.98. The van der Waals surface area contributed by atoms with E-state index in [-0.39, 0.29) is 17.9 Å². The predicted octanol–water partition coefficient (Wildman–Crippen LogP) is 1.75. The van der Waals surface area contributed by atoms with Crippen LogP contribution in [-0.4, -0.2) is 25.2 Å². The zero-order valence-corrected chi connectivity index (χ0v) is 10.9. The van der Waals surface area contributed by atoms with Crippen molar-refractivity contribution >= 4 is 27.5 Å². The molecule has 3 N–H and O–H groups in total. The Morgan fingerprint density at radius 2 is 2.29 bits per heavy atom. The third-order valence-corrected chi connectivity index (χ3v) is 3.62. The average Bonchev–Trinajstić information content (AvgIpc) is 2.81. The van der Waals surface area contributed by atoms with Crippen LogP contribution in [0, 0.1) is 5.92 Å². The van der Waals surface area contributed by atoms with E-state index in [0.717, 1.165) is 16.6 Å². The summed E-state index contributed by atoms with van der Waals surface area (Å²) in [5.74, 6) is -0.184. The van der Waals surface area contributed by atoms with E-state index in [1.165, 1.54) is 0 Å². The molecule has 1 heterocycles. The molecular weight excluding hydrogens is 284 g/mol. The number of halogens is 1. The van der Waals surface area contributed by atoms with Gasteiger partial charge in [-0.25, -0.2) is 0 Å². The molecule has 0 aliphatic carbocycles. The van der Waals surface area contributed by atoms with Crippen molar-refractivity contribution in [3.63, 3.8) is 0 Å². The van der Waals surface area contributed by atoms with Gasteiger partial charge in [0.05, 0.1) is 6.61 Å². The summed E-state index contributed by atoms with van der Waals surface area (Å²) in [4.78, 5) is 11.5. The van der Waals surface area contributed by atoms with Crippen LogP contribution in [-0.2, 0) is 9.53 Å². The summed E-state index contributed by atoms with van der Waals surface area (Å²) in [7, 11) is 0. The fraction of sp³-hybridized carbons (Fsp3) is 0.417. The van der Waals surface area contributed by atoms with Crippen LogP contribution >= 0.6 is 15.9 Å². The van der Waals surface area contributed by atoms with Gasteiger partial charge in [-0.05, 0) is 34.5 Å². The summed E-state index contributed by atoms with van der Waals surface area (Å²) in [6.45, 7) is 1.29. The van der Waals surface area contributed by atoms with Crippen molar-refractivity contribution in [3.05, 3.63) is 28.7 Å². The maximum atomic E-state index is 11.5. The van der Waals surface area contributed by atoms with Gasteiger partial charge in [-0.1, -0.05) is 12.1 Å². The largest absolute Gasteiger partial charge is 0.381 e. The molecule has 4 nitrogen and oxygen atoms in total. The minimum Gasteiger partial charge on any atom is -0.381 e. The molecule has 1 fully saturated rings. The first-order chi connectivity index (χ1) is 8.18. The van der Waals surface area contributed by atoms with E-state index in [4.69, 9.17) is 10.5 Å². The first-order valence-electron chi connectivity index (χ1n) is 5.56. The Labute approximate surface area is 109 Å². The van der Waals surface area contributed by atoms with Crippen molar-refractivity contribution < 1.29 is 9.53 Å². The van der Waals surface area contributed by atoms with E-state index in [1.807, 2.05) is 24.3 Å². The number of benzene rings is 1. The second-order valence-electron chi connectivity index (χ2n) is 4.13. The first-order valence-corrected chi connectivity index (χ1v) is 6.36. The van der Waals surface area contributed by atoms with Crippen LogP contribution in [0.1, 0.15) is 6.42 Å². The highest BCUT2D eigenvalue weighted by atomic mass is 79.9. The predicted molar refractivity (Wildman–Crippen MR) is 69.7 cm³/mol. The fourth-order valence-electron chi connectivity index (χ4n) is 1.98. The van der Waals surface area contributed by atoms with Crippen molar-refractivity contribution in [1.29, 1.82) is 0 Å². The van der Waals surface area contributed by atoms with E-state index < -0.39 is 0 Å². The quantitative estimate of drug-likeness (QED) is 0.890. The molecule has 1 saturated heterocycles. The molecule has 1 aromatic rings. The molecular formula is C12H15BrN2O2. The summed E-state index contributed by atoms with van der Waals surface area (Å²) in [6.07, 6.45) is 0.866. The molecule has 1 aromatic carbocycles. The monoisotopic (exact) mass is 298 g/mol. The molecule has 2 atom stereocenters. The molecule has 0 aromatic heterocycles. The molecule has 1 aliphatic heterocycles. The van der Waals surface area contributed by atoms with Crippen molar-refractivity contribution in [2.75, 3.05) is 18.5 Å². The Balaban J connectivity index is 2.12. The average molecular weight is 299 g/mol. The summed E-state index contributed by atoms with van der Waals surface area (Å²) in [5.41, 5.74) is 6.32. The van der Waals surface area contributed by atoms with Gasteiger partial charge in [-0.2, -0.15) is 0 Å². The van der Waals surface area contributed by atoms with Gasteiger partial charge < -0.3 is 15.8 Å². The van der Waals surface area contributed by atoms with Crippen LogP contribution in [0.2, 0.25) is 0 Å². The Morgan fingerprint density at radius 1 is 1.53 bits per heavy atom. The van der Waals surface area contributed by atoms with E-state index in [9.17, 15) is 4.79 Å². The van der Waals surface area contributed by atoms with E-state index in [2.05, 4.69) is 21.2 Å². The van der Waals surface area contributed by atoms with Crippen LogP contribution in [0.4, 0.5) is 5.69 Å². The molecule has 0 radical (unpaired) electrons. The summed E-state index contributed by atoms with van der Waals surface area (Å²) in [6, 6.07) is 7.29. The molecule has 2 rings (SSSR count). The van der Waals surface area contributed by atoms with Crippen LogP contribution < -0.4 is 11.1 Å². The number of carbonyl (C=O) groups excluding carboxylic acids is 1. The van der Waals surface area contributed by atoms with Crippen LogP contribution in [0.5, 0.6) is 0 Å². The molecule has 1 amide bonds. The van der Waals surface area contributed by atoms with Gasteiger partial charge in [-0.3, -0.25) is 4.79 Å². The van der Waals surface area contributed by atoms with E-state index in [0.29, 0.717) is 13.2 Å². The van der Waals surface area contributed by atoms with Crippen LogP contribution in [0.3, 0.4) is 0 Å². The number of hydrogen-bond donors (Lipinski definition) is 2. The Bertz CT molecular complexity index is 405. The first kappa shape index (κ1) is 12.4. The Kier molecular flexibility index (Phi) is 4.02. The second-order valence-corrected chi connectivity index (χ2v) is 4.98. The topological polar surface area (TPSA) is 64.4 Å². The molecule has 1 aliphatic rings. The molecule has 5 heteroatoms. The summed E-state index contributed by atoms with van der Waals surface area (Å²) < 4.78 is 6.22. The van der Waals surface area contributed by atoms with Crippen molar-refractivity contribution in [2.24, 2.45) is 11.7 Å². The lowest BCUT2D eigenvalue weighted by Gasteiger charge is -2.22. The fourth-order valence-corrected chi connectivity index (χ4v) is 2.38. The van der Waals surface area contributed by atoms with Crippen molar-refractivity contribution in [3.8, 4) is 0 Å². The lowest BCUT2D eigenvalue weighted by molar-refractivity contribution is -0.119. The van der Waals surface area contributed by atoms with Crippen molar-refractivity contribution in [1.82, 2.24) is 0 Å². The van der Waals surface area contributed by atoms with Gasteiger partial charge >= 0.3 is 0 Å². The number of para-hydroxylation sites is 1. The minimum atomic E-state index is -0.379. The number of nitrogens with one attached hydrogen (secondary N) is 1. The normalized spacial score (nSPS) is 21.1. The molecule has 0 saturated carbocycles. The van der Waals surface area contributed by atoms with Crippen LogP contribution in [0.25, 0.3) is 0 Å². The number of anilines is 1. The van der Waals surface area contributed by atoms with Gasteiger partial charge in [0.15, 0.2) is 0 Å². The zero-order chi connectivity index (χ0) is 12.3. The summed E-state index contributed by atoms with van der Waals surface area (Å²) in [5, 5.41) is 3.19. The van der Waals surface area contributed by atoms with Crippen LogP contribution in [0.15, 0.2) is 28.7 Å². The molecule has 92 valence electrons. The van der Waals surface area contributed by atoms with Gasteiger partial charge in [0.1, 0.15) is 6.04 Å². The zero-order valence-electron chi connectivity index (χ0n) is 9.36. The molecule has 2 unspecified atom stereocenters. The Hall–Kier alpha value is -1.07. The highest BCUT2D eigenvalue weighted by molar-refractivity contribution is 9.10. The number of amides is 1. The van der Waals surface area contributed by atoms with Gasteiger partial charge in [0.25, 0.3) is 0 Å². The molecule has 17 heavy (non-hydrogen) atoms. The highest BCUT2D eigenvalue weighted by Gasteiger charge is 2.30. The standard InChI is InChI=1S/C12H15BrN2O2/c13-9-3-1-2-4-10(9)15-11(12(14)16)8-5-6-17-7-8/h1-4,8,11,15H,5-7H2,(H2,14,16). The third-order valence-electron chi connectivity index (χ3n) is 2.93. The van der Waals surface area contributed by atoms with Gasteiger partial charge in [-0.15, -0.1) is 0 Å². The number of ether oxygens (including phenoxy) is 1. The van der Waals surface area contributed by atoms with E-state index >= 15 is 0 Å².